The van der Waals surface area contributed by atoms with Crippen LogP contribution < -0.4 is 21.1 Å². The minimum Gasteiger partial charge on any atom is -0.491 e. The van der Waals surface area contributed by atoms with Crippen LogP contribution in [-0.4, -0.2) is 48.1 Å². The monoisotopic (exact) mass is 359 g/mol. The smallest absolute Gasteiger partial charge is 0.316 e. The summed E-state index contributed by atoms with van der Waals surface area (Å²) in [6, 6.07) is 15.7. The molecule has 2 aromatic rings. The molecule has 0 saturated carbocycles. The van der Waals surface area contributed by atoms with E-state index < -0.39 is 12.1 Å². The van der Waals surface area contributed by atoms with E-state index >= 15 is 0 Å². The van der Waals surface area contributed by atoms with Crippen LogP contribution in [0.1, 0.15) is 5.56 Å². The lowest BCUT2D eigenvalue weighted by molar-refractivity contribution is 0.0997. The highest BCUT2D eigenvalue weighted by molar-refractivity contribution is 5.87. The van der Waals surface area contributed by atoms with Gasteiger partial charge < -0.3 is 31.3 Å². The molecule has 7 heteroatoms. The average Bonchev–Trinajstić information content (AvgIpc) is 2.65. The van der Waals surface area contributed by atoms with Crippen molar-refractivity contribution >= 4 is 11.7 Å². The van der Waals surface area contributed by atoms with Crippen molar-refractivity contribution in [3.63, 3.8) is 0 Å². The SMILES string of the molecule is NC(=O)Nc1ccc(CC(CO)NC[C@H](O)COc2ccccc2)cc1. The summed E-state index contributed by atoms with van der Waals surface area (Å²) in [7, 11) is 0. The van der Waals surface area contributed by atoms with Gasteiger partial charge in [0.15, 0.2) is 0 Å². The molecule has 7 nitrogen and oxygen atoms in total. The van der Waals surface area contributed by atoms with Crippen molar-refractivity contribution in [1.29, 1.82) is 0 Å². The quantitative estimate of drug-likeness (QED) is 0.436. The van der Waals surface area contributed by atoms with Gasteiger partial charge in [-0.25, -0.2) is 4.79 Å². The fraction of sp³-hybridized carbons (Fsp3) is 0.316. The predicted octanol–water partition coefficient (Wildman–Crippen LogP) is 1.11. The number of anilines is 1. The topological polar surface area (TPSA) is 117 Å². The molecule has 0 fully saturated rings. The van der Waals surface area contributed by atoms with Crippen LogP contribution in [-0.2, 0) is 6.42 Å². The van der Waals surface area contributed by atoms with Crippen molar-refractivity contribution in [3.8, 4) is 5.75 Å². The Balaban J connectivity index is 1.75. The summed E-state index contributed by atoms with van der Waals surface area (Å²) in [6.45, 7) is 0.412. The van der Waals surface area contributed by atoms with Crippen LogP contribution in [0.3, 0.4) is 0 Å². The highest BCUT2D eigenvalue weighted by Gasteiger charge is 2.12. The first-order chi connectivity index (χ1) is 12.6. The van der Waals surface area contributed by atoms with E-state index in [4.69, 9.17) is 10.5 Å². The summed E-state index contributed by atoms with van der Waals surface area (Å²) in [5, 5.41) is 25.2. The number of urea groups is 1. The highest BCUT2D eigenvalue weighted by Crippen LogP contribution is 2.11. The third-order valence-corrected chi connectivity index (χ3v) is 3.75. The third-order valence-electron chi connectivity index (χ3n) is 3.75. The Labute approximate surface area is 152 Å². The summed E-state index contributed by atoms with van der Waals surface area (Å²) in [6.07, 6.45) is -0.106. The maximum Gasteiger partial charge on any atom is 0.316 e. The van der Waals surface area contributed by atoms with Gasteiger partial charge in [0.2, 0.25) is 0 Å². The van der Waals surface area contributed by atoms with Crippen molar-refractivity contribution in [2.75, 3.05) is 25.1 Å². The Morgan fingerprint density at radius 1 is 1.12 bits per heavy atom. The third kappa shape index (κ3) is 7.10. The maximum absolute atomic E-state index is 10.8. The lowest BCUT2D eigenvalue weighted by Gasteiger charge is -2.19. The van der Waals surface area contributed by atoms with Crippen LogP contribution in [0, 0.1) is 0 Å². The molecule has 0 aliphatic carbocycles. The molecule has 6 N–H and O–H groups in total. The van der Waals surface area contributed by atoms with Crippen LogP contribution in [0.25, 0.3) is 0 Å². The Bertz CT molecular complexity index is 664. The first-order valence-electron chi connectivity index (χ1n) is 8.42. The Kier molecular flexibility index (Phi) is 7.88. The van der Waals surface area contributed by atoms with Crippen molar-refractivity contribution in [1.82, 2.24) is 5.32 Å². The number of ether oxygens (including phenoxy) is 1. The molecule has 0 saturated heterocycles. The molecule has 140 valence electrons. The zero-order valence-electron chi connectivity index (χ0n) is 14.5. The van der Waals surface area contributed by atoms with Gasteiger partial charge in [0.05, 0.1) is 6.61 Å². The number of benzene rings is 2. The van der Waals surface area contributed by atoms with E-state index in [1.54, 1.807) is 12.1 Å². The van der Waals surface area contributed by atoms with Crippen LogP contribution in [0.5, 0.6) is 5.75 Å². The summed E-state index contributed by atoms with van der Waals surface area (Å²) in [5.74, 6) is 0.704. The van der Waals surface area contributed by atoms with E-state index in [1.165, 1.54) is 0 Å². The molecule has 0 aliphatic heterocycles. The first-order valence-corrected chi connectivity index (χ1v) is 8.42. The van der Waals surface area contributed by atoms with E-state index in [0.29, 0.717) is 24.4 Å². The number of carbonyl (C=O) groups excluding carboxylic acids is 1. The first kappa shape index (κ1) is 19.7. The molecule has 0 bridgehead atoms. The molecule has 0 aliphatic rings. The van der Waals surface area contributed by atoms with E-state index in [1.807, 2.05) is 42.5 Å². The molecular formula is C19H25N3O4. The van der Waals surface area contributed by atoms with Gasteiger partial charge >= 0.3 is 6.03 Å². The molecule has 2 atom stereocenters. The molecule has 1 unspecified atom stereocenters. The number of hydrogen-bond acceptors (Lipinski definition) is 5. The van der Waals surface area contributed by atoms with Crippen LogP contribution in [0.15, 0.2) is 54.6 Å². The highest BCUT2D eigenvalue weighted by atomic mass is 16.5. The van der Waals surface area contributed by atoms with E-state index in [0.717, 1.165) is 5.56 Å². The van der Waals surface area contributed by atoms with Crippen molar-refractivity contribution in [2.24, 2.45) is 5.73 Å². The van der Waals surface area contributed by atoms with E-state index in [-0.39, 0.29) is 19.3 Å². The van der Waals surface area contributed by atoms with Gasteiger partial charge in [-0.2, -0.15) is 0 Å². The molecule has 2 amide bonds. The average molecular weight is 359 g/mol. The molecule has 0 aromatic heterocycles. The number of amides is 2. The largest absolute Gasteiger partial charge is 0.491 e. The number of nitrogens with two attached hydrogens (primary N) is 1. The van der Waals surface area contributed by atoms with Crippen molar-refractivity contribution in [2.45, 2.75) is 18.6 Å². The number of aliphatic hydroxyl groups is 2. The minimum atomic E-state index is -0.689. The molecule has 0 spiro atoms. The fourth-order valence-corrected chi connectivity index (χ4v) is 2.42. The minimum absolute atomic E-state index is 0.0620. The van der Waals surface area contributed by atoms with Gasteiger partial charge in [-0.05, 0) is 36.2 Å². The Morgan fingerprint density at radius 3 is 2.42 bits per heavy atom. The molecule has 0 radical (unpaired) electrons. The number of aliphatic hydroxyl groups excluding tert-OH is 2. The van der Waals surface area contributed by atoms with E-state index in [2.05, 4.69) is 10.6 Å². The lowest BCUT2D eigenvalue weighted by atomic mass is 10.1. The number of nitrogens with one attached hydrogen (secondary N) is 2. The van der Waals surface area contributed by atoms with Crippen molar-refractivity contribution in [3.05, 3.63) is 60.2 Å². The zero-order chi connectivity index (χ0) is 18.8. The molecule has 2 aromatic carbocycles. The standard InChI is InChI=1S/C19H25N3O4/c20-19(25)22-15-8-6-14(7-9-15)10-16(12-23)21-11-17(24)13-26-18-4-2-1-3-5-18/h1-9,16-17,21,23-24H,10-13H2,(H3,20,22,25)/t16?,17-/m0/s1. The van der Waals surface area contributed by atoms with Crippen LogP contribution >= 0.6 is 0 Å². The van der Waals surface area contributed by atoms with Crippen LogP contribution in [0.4, 0.5) is 10.5 Å². The predicted molar refractivity (Wildman–Crippen MR) is 100 cm³/mol. The Morgan fingerprint density at radius 2 is 1.81 bits per heavy atom. The summed E-state index contributed by atoms with van der Waals surface area (Å²) in [4.78, 5) is 10.8. The lowest BCUT2D eigenvalue weighted by Crippen LogP contribution is -2.41. The molecule has 0 heterocycles. The molecule has 2 rings (SSSR count). The van der Waals surface area contributed by atoms with Crippen LogP contribution in [0.2, 0.25) is 0 Å². The van der Waals surface area contributed by atoms with Crippen molar-refractivity contribution < 1.29 is 19.7 Å². The fourth-order valence-electron chi connectivity index (χ4n) is 2.42. The number of primary amides is 1. The maximum atomic E-state index is 10.8. The van der Waals surface area contributed by atoms with Gasteiger partial charge in [-0.3, -0.25) is 0 Å². The van der Waals surface area contributed by atoms with Gasteiger partial charge in [-0.15, -0.1) is 0 Å². The number of para-hydroxylation sites is 1. The van der Waals surface area contributed by atoms with Gasteiger partial charge in [0, 0.05) is 18.3 Å². The summed E-state index contributed by atoms with van der Waals surface area (Å²) in [5.41, 5.74) is 6.67. The second kappa shape index (κ2) is 10.4. The van der Waals surface area contributed by atoms with Gasteiger partial charge in [0.1, 0.15) is 18.5 Å². The second-order valence-electron chi connectivity index (χ2n) is 5.96. The van der Waals surface area contributed by atoms with E-state index in [9.17, 15) is 15.0 Å². The second-order valence-corrected chi connectivity index (χ2v) is 5.96. The number of rotatable bonds is 10. The summed E-state index contributed by atoms with van der Waals surface area (Å²) < 4.78 is 5.50. The summed E-state index contributed by atoms with van der Waals surface area (Å²) >= 11 is 0. The van der Waals surface area contributed by atoms with Gasteiger partial charge in [0.25, 0.3) is 0 Å². The Hall–Kier alpha value is -2.61. The molecule has 26 heavy (non-hydrogen) atoms. The molecular weight excluding hydrogens is 334 g/mol. The number of hydrogen-bond donors (Lipinski definition) is 5. The normalized spacial score (nSPS) is 13.0. The zero-order valence-corrected chi connectivity index (χ0v) is 14.5. The number of carbonyl (C=O) groups is 1. The van der Waals surface area contributed by atoms with Gasteiger partial charge in [-0.1, -0.05) is 30.3 Å².